The Morgan fingerprint density at radius 2 is 1.74 bits per heavy atom. The number of para-hydroxylation sites is 2. The number of nitrogens with zero attached hydrogens (tertiary/aromatic N) is 2. The molecule has 1 heterocycles. The number of nitro groups is 1. The van der Waals surface area contributed by atoms with Crippen LogP contribution in [0.15, 0.2) is 76.2 Å². The van der Waals surface area contributed by atoms with E-state index in [-0.39, 0.29) is 5.69 Å². The molecule has 1 N–H and O–H groups in total. The maximum Gasteiger partial charge on any atom is 0.280 e. The molecule has 0 aliphatic rings. The minimum absolute atomic E-state index is 0.00718. The van der Waals surface area contributed by atoms with E-state index in [9.17, 15) is 10.1 Å². The molecule has 0 aliphatic carbocycles. The smallest absolute Gasteiger partial charge is 0.280 e. The molecule has 0 spiro atoms. The molecular formula is C17H13N3O3. The van der Waals surface area contributed by atoms with E-state index >= 15 is 0 Å². The molecule has 0 amide bonds. The van der Waals surface area contributed by atoms with E-state index in [0.29, 0.717) is 17.1 Å². The molecule has 0 saturated heterocycles. The van der Waals surface area contributed by atoms with Crippen molar-refractivity contribution in [2.75, 3.05) is 5.43 Å². The zero-order valence-corrected chi connectivity index (χ0v) is 12.0. The topological polar surface area (TPSA) is 80.7 Å². The highest BCUT2D eigenvalue weighted by atomic mass is 16.6. The van der Waals surface area contributed by atoms with Gasteiger partial charge in [-0.1, -0.05) is 30.3 Å². The van der Waals surface area contributed by atoms with Crippen LogP contribution in [0.5, 0.6) is 0 Å². The fraction of sp³-hybridized carbons (Fsp3) is 0. The minimum Gasteiger partial charge on any atom is -0.455 e. The predicted octanol–water partition coefficient (Wildman–Crippen LogP) is 4.30. The van der Waals surface area contributed by atoms with Gasteiger partial charge in [-0.2, -0.15) is 5.10 Å². The van der Waals surface area contributed by atoms with Gasteiger partial charge in [0.15, 0.2) is 0 Å². The predicted molar refractivity (Wildman–Crippen MR) is 88.5 cm³/mol. The SMILES string of the molecule is O=[N+]([O-])c1ccccc1-c1ccc(/C=N\Nc2ccccc2)o1. The fourth-order valence-electron chi connectivity index (χ4n) is 2.09. The molecule has 1 aromatic heterocycles. The first-order chi connectivity index (χ1) is 11.2. The van der Waals surface area contributed by atoms with Crippen molar-refractivity contribution < 1.29 is 9.34 Å². The van der Waals surface area contributed by atoms with Gasteiger partial charge in [0, 0.05) is 6.07 Å². The summed E-state index contributed by atoms with van der Waals surface area (Å²) in [6.07, 6.45) is 1.52. The third-order valence-electron chi connectivity index (χ3n) is 3.15. The number of nitro benzene ring substituents is 1. The van der Waals surface area contributed by atoms with Crippen molar-refractivity contribution >= 4 is 17.6 Å². The van der Waals surface area contributed by atoms with E-state index in [1.807, 2.05) is 30.3 Å². The van der Waals surface area contributed by atoms with E-state index in [1.54, 1.807) is 30.3 Å². The molecule has 0 unspecified atom stereocenters. The summed E-state index contributed by atoms with van der Waals surface area (Å²) in [5, 5.41) is 15.1. The Morgan fingerprint density at radius 3 is 2.52 bits per heavy atom. The van der Waals surface area contributed by atoms with E-state index in [4.69, 9.17) is 4.42 Å². The van der Waals surface area contributed by atoms with Gasteiger partial charge in [-0.15, -0.1) is 0 Å². The first-order valence-electron chi connectivity index (χ1n) is 6.92. The molecule has 0 aliphatic heterocycles. The van der Waals surface area contributed by atoms with Gasteiger partial charge in [0.05, 0.1) is 22.4 Å². The fourth-order valence-corrected chi connectivity index (χ4v) is 2.09. The Labute approximate surface area is 132 Å². The van der Waals surface area contributed by atoms with Crippen molar-refractivity contribution in [3.8, 4) is 11.3 Å². The molecule has 3 aromatic rings. The third-order valence-corrected chi connectivity index (χ3v) is 3.15. The van der Waals surface area contributed by atoms with Crippen molar-refractivity contribution in [1.29, 1.82) is 0 Å². The minimum atomic E-state index is -0.428. The van der Waals surface area contributed by atoms with Crippen molar-refractivity contribution in [3.05, 3.63) is 82.6 Å². The van der Waals surface area contributed by atoms with E-state index in [0.717, 1.165) is 5.69 Å². The normalized spacial score (nSPS) is 10.8. The molecule has 114 valence electrons. The largest absolute Gasteiger partial charge is 0.455 e. The molecule has 0 bridgehead atoms. The van der Waals surface area contributed by atoms with Gasteiger partial charge in [0.2, 0.25) is 0 Å². The maximum absolute atomic E-state index is 11.1. The van der Waals surface area contributed by atoms with Gasteiger partial charge >= 0.3 is 0 Å². The highest BCUT2D eigenvalue weighted by molar-refractivity contribution is 5.79. The summed E-state index contributed by atoms with van der Waals surface area (Å²) >= 11 is 0. The van der Waals surface area contributed by atoms with Crippen LogP contribution in [0.1, 0.15) is 5.76 Å². The van der Waals surface area contributed by atoms with E-state index in [1.165, 1.54) is 12.3 Å². The summed E-state index contributed by atoms with van der Waals surface area (Å²) in [4.78, 5) is 10.6. The van der Waals surface area contributed by atoms with Crippen molar-refractivity contribution in [2.45, 2.75) is 0 Å². The average Bonchev–Trinajstić information content (AvgIpc) is 3.04. The Balaban J connectivity index is 1.77. The van der Waals surface area contributed by atoms with Gasteiger partial charge in [-0.3, -0.25) is 15.5 Å². The standard InChI is InChI=1S/C17H13N3O3/c21-20(22)16-9-5-4-8-15(16)17-11-10-14(23-17)12-18-19-13-6-2-1-3-7-13/h1-12,19H/b18-12-. The summed E-state index contributed by atoms with van der Waals surface area (Å²) in [7, 11) is 0. The monoisotopic (exact) mass is 307 g/mol. The van der Waals surface area contributed by atoms with Gasteiger partial charge in [-0.25, -0.2) is 0 Å². The van der Waals surface area contributed by atoms with Crippen LogP contribution in [0.25, 0.3) is 11.3 Å². The van der Waals surface area contributed by atoms with E-state index < -0.39 is 4.92 Å². The second-order valence-electron chi connectivity index (χ2n) is 4.71. The van der Waals surface area contributed by atoms with Crippen LogP contribution in [0, 0.1) is 10.1 Å². The number of anilines is 1. The number of rotatable bonds is 5. The Morgan fingerprint density at radius 1 is 1.00 bits per heavy atom. The lowest BCUT2D eigenvalue weighted by Crippen LogP contribution is -1.90. The average molecular weight is 307 g/mol. The highest BCUT2D eigenvalue weighted by Gasteiger charge is 2.16. The Hall–Kier alpha value is -3.41. The summed E-state index contributed by atoms with van der Waals surface area (Å²) in [5.74, 6) is 0.931. The molecule has 0 fully saturated rings. The number of nitrogens with one attached hydrogen (secondary N) is 1. The maximum atomic E-state index is 11.1. The lowest BCUT2D eigenvalue weighted by molar-refractivity contribution is -0.384. The van der Waals surface area contributed by atoms with Crippen LogP contribution < -0.4 is 5.43 Å². The number of hydrogen-bond acceptors (Lipinski definition) is 5. The van der Waals surface area contributed by atoms with Crippen LogP contribution in [-0.2, 0) is 0 Å². The quantitative estimate of drug-likeness (QED) is 0.433. The molecular weight excluding hydrogens is 294 g/mol. The van der Waals surface area contributed by atoms with E-state index in [2.05, 4.69) is 10.5 Å². The summed E-state index contributed by atoms with van der Waals surface area (Å²) in [6.45, 7) is 0. The third kappa shape index (κ3) is 3.44. The summed E-state index contributed by atoms with van der Waals surface area (Å²) in [6, 6.07) is 19.3. The first-order valence-corrected chi connectivity index (χ1v) is 6.92. The zero-order chi connectivity index (χ0) is 16.1. The number of hydrogen-bond donors (Lipinski definition) is 1. The van der Waals surface area contributed by atoms with Crippen molar-refractivity contribution in [2.24, 2.45) is 5.10 Å². The van der Waals surface area contributed by atoms with Crippen molar-refractivity contribution in [1.82, 2.24) is 0 Å². The van der Waals surface area contributed by atoms with Gasteiger partial charge in [0.1, 0.15) is 11.5 Å². The van der Waals surface area contributed by atoms with Gasteiger partial charge < -0.3 is 4.42 Å². The van der Waals surface area contributed by atoms with Crippen LogP contribution in [0.2, 0.25) is 0 Å². The molecule has 0 atom stereocenters. The lowest BCUT2D eigenvalue weighted by Gasteiger charge is -1.99. The second-order valence-corrected chi connectivity index (χ2v) is 4.71. The zero-order valence-electron chi connectivity index (χ0n) is 12.0. The van der Waals surface area contributed by atoms with Gasteiger partial charge in [-0.05, 0) is 30.3 Å². The van der Waals surface area contributed by atoms with Crippen LogP contribution >= 0.6 is 0 Å². The molecule has 0 saturated carbocycles. The molecule has 2 aromatic carbocycles. The molecule has 3 rings (SSSR count). The van der Waals surface area contributed by atoms with Crippen LogP contribution in [-0.4, -0.2) is 11.1 Å². The van der Waals surface area contributed by atoms with Gasteiger partial charge in [0.25, 0.3) is 5.69 Å². The van der Waals surface area contributed by atoms with Crippen LogP contribution in [0.4, 0.5) is 11.4 Å². The second kappa shape index (κ2) is 6.57. The Kier molecular flexibility index (Phi) is 4.15. The highest BCUT2D eigenvalue weighted by Crippen LogP contribution is 2.30. The number of benzene rings is 2. The Bertz CT molecular complexity index is 841. The lowest BCUT2D eigenvalue weighted by atomic mass is 10.1. The molecule has 6 heteroatoms. The van der Waals surface area contributed by atoms with Crippen molar-refractivity contribution in [3.63, 3.8) is 0 Å². The summed E-state index contributed by atoms with van der Waals surface area (Å²) in [5.41, 5.74) is 4.17. The molecule has 0 radical (unpaired) electrons. The molecule has 23 heavy (non-hydrogen) atoms. The summed E-state index contributed by atoms with van der Waals surface area (Å²) < 4.78 is 5.60. The molecule has 6 nitrogen and oxygen atoms in total. The number of furan rings is 1. The first kappa shape index (κ1) is 14.5. The van der Waals surface area contributed by atoms with Crippen LogP contribution in [0.3, 0.4) is 0 Å². The number of hydrazone groups is 1.